The number of hydrogen-bond acceptors (Lipinski definition) is 4. The summed E-state index contributed by atoms with van der Waals surface area (Å²) in [7, 11) is -4.41. The summed E-state index contributed by atoms with van der Waals surface area (Å²) >= 11 is 0. The number of carboxylic acid groups (broad SMARTS) is 1. The Morgan fingerprint density at radius 2 is 1.86 bits per heavy atom. The number of rotatable bonds is 5. The highest BCUT2D eigenvalue weighted by atomic mass is 32.2. The van der Waals surface area contributed by atoms with Crippen LogP contribution in [0.15, 0.2) is 0 Å². The van der Waals surface area contributed by atoms with Crippen LogP contribution >= 0.6 is 0 Å². The summed E-state index contributed by atoms with van der Waals surface area (Å²) in [4.78, 5) is 9.90. The first-order valence-electron chi connectivity index (χ1n) is 3.28. The standard InChI is InChI=1S/C5H7F3O5S/c6-5(7,8)3-13-14(11,12)2-1-4(9)10/h1-3H2,(H,9,10). The van der Waals surface area contributed by atoms with Crippen LogP contribution in [-0.2, 0) is 19.1 Å². The molecule has 0 aromatic heterocycles. The van der Waals surface area contributed by atoms with Gasteiger partial charge < -0.3 is 5.11 Å². The molecule has 0 aliphatic rings. The average Bonchev–Trinajstić information content (AvgIpc) is 1.97. The molecule has 5 nitrogen and oxygen atoms in total. The summed E-state index contributed by atoms with van der Waals surface area (Å²) in [6, 6.07) is 0. The zero-order chi connectivity index (χ0) is 11.4. The van der Waals surface area contributed by atoms with E-state index in [4.69, 9.17) is 5.11 Å². The average molecular weight is 236 g/mol. The van der Waals surface area contributed by atoms with Gasteiger partial charge >= 0.3 is 12.1 Å². The lowest BCUT2D eigenvalue weighted by atomic mass is 10.5. The molecule has 0 aliphatic carbocycles. The largest absolute Gasteiger partial charge is 0.481 e. The third-order valence-corrected chi connectivity index (χ3v) is 2.15. The molecule has 0 unspecified atom stereocenters. The Balaban J connectivity index is 4.03. The van der Waals surface area contributed by atoms with Crippen molar-refractivity contribution in [2.45, 2.75) is 12.6 Å². The number of aliphatic carboxylic acids is 1. The van der Waals surface area contributed by atoms with Gasteiger partial charge in [0, 0.05) is 0 Å². The number of alkyl halides is 3. The van der Waals surface area contributed by atoms with Gasteiger partial charge in [-0.25, -0.2) is 0 Å². The molecule has 0 amide bonds. The molecule has 0 saturated heterocycles. The first-order valence-corrected chi connectivity index (χ1v) is 4.86. The van der Waals surface area contributed by atoms with Gasteiger partial charge in [0.15, 0.2) is 6.61 Å². The van der Waals surface area contributed by atoms with Crippen LogP contribution in [0.1, 0.15) is 6.42 Å². The predicted octanol–water partition coefficient (Wildman–Crippen LogP) is 0.370. The summed E-state index contributed by atoms with van der Waals surface area (Å²) in [5.74, 6) is -2.40. The number of hydrogen-bond donors (Lipinski definition) is 1. The van der Waals surface area contributed by atoms with Gasteiger partial charge in [0.05, 0.1) is 12.2 Å². The molecule has 0 heterocycles. The quantitative estimate of drug-likeness (QED) is 0.697. The van der Waals surface area contributed by atoms with E-state index in [9.17, 15) is 26.4 Å². The van der Waals surface area contributed by atoms with Crippen LogP contribution < -0.4 is 0 Å². The zero-order valence-electron chi connectivity index (χ0n) is 6.74. The number of halogens is 3. The Morgan fingerprint density at radius 1 is 1.36 bits per heavy atom. The summed E-state index contributed by atoms with van der Waals surface area (Å²) in [5, 5.41) is 8.06. The van der Waals surface area contributed by atoms with Crippen molar-refractivity contribution in [2.24, 2.45) is 0 Å². The molecular formula is C5H7F3O5S. The lowest BCUT2D eigenvalue weighted by Crippen LogP contribution is -2.22. The molecule has 0 radical (unpaired) electrons. The SMILES string of the molecule is O=C(O)CCS(=O)(=O)OCC(F)(F)F. The second kappa shape index (κ2) is 4.60. The lowest BCUT2D eigenvalue weighted by molar-refractivity contribution is -0.152. The Hall–Kier alpha value is -0.830. The maximum Gasteiger partial charge on any atom is 0.413 e. The molecule has 0 aromatic rings. The van der Waals surface area contributed by atoms with Crippen LogP contribution in [0.2, 0.25) is 0 Å². The second-order valence-electron chi connectivity index (χ2n) is 2.28. The van der Waals surface area contributed by atoms with Crippen molar-refractivity contribution in [3.63, 3.8) is 0 Å². The smallest absolute Gasteiger partial charge is 0.413 e. The van der Waals surface area contributed by atoms with Gasteiger partial charge in [-0.2, -0.15) is 21.6 Å². The van der Waals surface area contributed by atoms with Crippen molar-refractivity contribution < 1.29 is 35.7 Å². The highest BCUT2D eigenvalue weighted by Crippen LogP contribution is 2.16. The maximum absolute atomic E-state index is 11.5. The Labute approximate surface area is 77.6 Å². The number of carbonyl (C=O) groups is 1. The minimum absolute atomic E-state index is 0.791. The van der Waals surface area contributed by atoms with Gasteiger partial charge in [-0.05, 0) is 0 Å². The van der Waals surface area contributed by atoms with Crippen molar-refractivity contribution >= 4 is 16.1 Å². The number of carboxylic acids is 1. The summed E-state index contributed by atoms with van der Waals surface area (Å²) in [6.45, 7) is -1.94. The van der Waals surface area contributed by atoms with Gasteiger partial charge in [0.1, 0.15) is 0 Å². The zero-order valence-corrected chi connectivity index (χ0v) is 7.56. The van der Waals surface area contributed by atoms with E-state index in [1.807, 2.05) is 0 Å². The van der Waals surface area contributed by atoms with Crippen molar-refractivity contribution in [3.8, 4) is 0 Å². The van der Waals surface area contributed by atoms with Gasteiger partial charge in [0.25, 0.3) is 10.1 Å². The molecule has 0 aromatic carbocycles. The topological polar surface area (TPSA) is 80.7 Å². The van der Waals surface area contributed by atoms with Crippen molar-refractivity contribution in [2.75, 3.05) is 12.4 Å². The fourth-order valence-corrected chi connectivity index (χ4v) is 1.28. The van der Waals surface area contributed by atoms with E-state index in [-0.39, 0.29) is 0 Å². The molecule has 0 aliphatic heterocycles. The van der Waals surface area contributed by atoms with Crippen LogP contribution in [0.25, 0.3) is 0 Å². The first-order chi connectivity index (χ1) is 6.12. The molecule has 0 rings (SSSR count). The van der Waals surface area contributed by atoms with Crippen molar-refractivity contribution in [1.82, 2.24) is 0 Å². The molecule has 1 N–H and O–H groups in total. The van der Waals surface area contributed by atoms with E-state index >= 15 is 0 Å². The fourth-order valence-electron chi connectivity index (χ4n) is 0.428. The molecule has 0 bridgehead atoms. The van der Waals surface area contributed by atoms with Crippen molar-refractivity contribution in [1.29, 1.82) is 0 Å². The lowest BCUT2D eigenvalue weighted by Gasteiger charge is -2.06. The maximum atomic E-state index is 11.5. The van der Waals surface area contributed by atoms with Gasteiger partial charge in [-0.1, -0.05) is 0 Å². The van der Waals surface area contributed by atoms with E-state index in [1.54, 1.807) is 0 Å². The van der Waals surface area contributed by atoms with Gasteiger partial charge in [-0.3, -0.25) is 8.98 Å². The van der Waals surface area contributed by atoms with E-state index in [2.05, 4.69) is 4.18 Å². The van der Waals surface area contributed by atoms with Crippen LogP contribution in [0, 0.1) is 0 Å². The van der Waals surface area contributed by atoms with Crippen LogP contribution in [0.5, 0.6) is 0 Å². The van der Waals surface area contributed by atoms with E-state index in [0.717, 1.165) is 0 Å². The minimum Gasteiger partial charge on any atom is -0.481 e. The Kier molecular flexibility index (Phi) is 4.33. The van der Waals surface area contributed by atoms with Gasteiger partial charge in [-0.15, -0.1) is 0 Å². The van der Waals surface area contributed by atoms with Gasteiger partial charge in [0.2, 0.25) is 0 Å². The van der Waals surface area contributed by atoms with Crippen LogP contribution in [-0.4, -0.2) is 38.0 Å². The van der Waals surface area contributed by atoms with Crippen LogP contribution in [0.3, 0.4) is 0 Å². The highest BCUT2D eigenvalue weighted by Gasteiger charge is 2.30. The van der Waals surface area contributed by atoms with E-state index in [1.165, 1.54) is 0 Å². The van der Waals surface area contributed by atoms with E-state index in [0.29, 0.717) is 0 Å². The predicted molar refractivity (Wildman–Crippen MR) is 38.0 cm³/mol. The third kappa shape index (κ3) is 7.80. The van der Waals surface area contributed by atoms with E-state index < -0.39 is 41.0 Å². The summed E-state index contributed by atoms with van der Waals surface area (Å²) < 4.78 is 59.2. The molecule has 9 heteroatoms. The Bertz CT molecular complexity index is 293. The van der Waals surface area contributed by atoms with Crippen molar-refractivity contribution in [3.05, 3.63) is 0 Å². The fraction of sp³-hybridized carbons (Fsp3) is 0.800. The third-order valence-electron chi connectivity index (χ3n) is 0.968. The molecule has 14 heavy (non-hydrogen) atoms. The summed E-state index contributed by atoms with van der Waals surface area (Å²) in [5.41, 5.74) is 0. The normalized spacial score (nSPS) is 12.8. The second-order valence-corrected chi connectivity index (χ2v) is 4.04. The van der Waals surface area contributed by atoms with Crippen LogP contribution in [0.4, 0.5) is 13.2 Å². The molecular weight excluding hydrogens is 229 g/mol. The summed E-state index contributed by atoms with van der Waals surface area (Å²) in [6.07, 6.45) is -5.55. The molecule has 0 spiro atoms. The molecule has 0 atom stereocenters. The molecule has 0 fully saturated rings. The Morgan fingerprint density at radius 3 is 2.21 bits per heavy atom. The highest BCUT2D eigenvalue weighted by molar-refractivity contribution is 7.86. The monoisotopic (exact) mass is 236 g/mol. The minimum atomic E-state index is -4.75. The first kappa shape index (κ1) is 13.2. The molecule has 0 saturated carbocycles. The molecule has 84 valence electrons.